The highest BCUT2D eigenvalue weighted by Crippen LogP contribution is 2.17. The highest BCUT2D eigenvalue weighted by atomic mass is 16.4. The van der Waals surface area contributed by atoms with Crippen LogP contribution >= 0.6 is 0 Å². The summed E-state index contributed by atoms with van der Waals surface area (Å²) in [6.45, 7) is 2.21. The van der Waals surface area contributed by atoms with Crippen molar-refractivity contribution in [3.05, 3.63) is 11.4 Å². The van der Waals surface area contributed by atoms with Crippen molar-refractivity contribution in [3.63, 3.8) is 0 Å². The Bertz CT molecular complexity index is 506. The van der Waals surface area contributed by atoms with Gasteiger partial charge < -0.3 is 10.4 Å². The van der Waals surface area contributed by atoms with Crippen LogP contribution in [0.2, 0.25) is 0 Å². The minimum Gasteiger partial charge on any atom is -0.476 e. The van der Waals surface area contributed by atoms with Crippen LogP contribution in [0.5, 0.6) is 0 Å². The van der Waals surface area contributed by atoms with Gasteiger partial charge in [0, 0.05) is 12.5 Å². The number of carboxylic acids is 1. The molecule has 1 aromatic rings. The molecule has 1 aromatic heterocycles. The van der Waals surface area contributed by atoms with Gasteiger partial charge in [-0.15, -0.1) is 5.10 Å². The fraction of sp³-hybridized carbons (Fsp3) is 0.714. The van der Waals surface area contributed by atoms with E-state index in [1.807, 2.05) is 6.92 Å². The number of aromatic carboxylic acids is 1. The van der Waals surface area contributed by atoms with Crippen molar-refractivity contribution < 1.29 is 14.7 Å². The van der Waals surface area contributed by atoms with E-state index in [1.54, 1.807) is 0 Å². The van der Waals surface area contributed by atoms with Crippen LogP contribution in [0.15, 0.2) is 0 Å². The summed E-state index contributed by atoms with van der Waals surface area (Å²) in [5, 5.41) is 19.5. The molecule has 0 saturated heterocycles. The first-order valence-electron chi connectivity index (χ1n) is 7.56. The lowest BCUT2D eigenvalue weighted by Gasteiger charge is -2.22. The molecule has 0 spiro atoms. The molecule has 0 aliphatic heterocycles. The fourth-order valence-electron chi connectivity index (χ4n) is 2.78. The number of rotatable bonds is 6. The van der Waals surface area contributed by atoms with Crippen molar-refractivity contribution in [2.24, 2.45) is 0 Å². The molecule has 116 valence electrons. The molecule has 1 fully saturated rings. The van der Waals surface area contributed by atoms with E-state index in [4.69, 9.17) is 5.11 Å². The number of aryl methyl sites for hydroxylation is 1. The second-order valence-electron chi connectivity index (χ2n) is 5.42. The van der Waals surface area contributed by atoms with Crippen LogP contribution in [-0.4, -0.2) is 38.0 Å². The van der Waals surface area contributed by atoms with Gasteiger partial charge in [0.25, 0.3) is 0 Å². The molecule has 1 heterocycles. The molecule has 7 nitrogen and oxygen atoms in total. The Labute approximate surface area is 123 Å². The first kappa shape index (κ1) is 15.5. The smallest absolute Gasteiger partial charge is 0.358 e. The van der Waals surface area contributed by atoms with Crippen molar-refractivity contribution in [2.45, 2.75) is 64.5 Å². The lowest BCUT2D eigenvalue weighted by Crippen LogP contribution is -2.36. The van der Waals surface area contributed by atoms with Crippen molar-refractivity contribution in [3.8, 4) is 0 Å². The third-order valence-corrected chi connectivity index (χ3v) is 3.90. The second-order valence-corrected chi connectivity index (χ2v) is 5.42. The van der Waals surface area contributed by atoms with Crippen LogP contribution in [0.4, 0.5) is 0 Å². The molecule has 1 aliphatic carbocycles. The molecule has 1 saturated carbocycles. The zero-order valence-corrected chi connectivity index (χ0v) is 12.3. The maximum atomic E-state index is 11.9. The lowest BCUT2D eigenvalue weighted by molar-refractivity contribution is -0.122. The molecule has 7 heteroatoms. The molecular weight excluding hydrogens is 272 g/mol. The molecule has 1 amide bonds. The molecule has 1 aliphatic rings. The number of hydrogen-bond acceptors (Lipinski definition) is 4. The van der Waals surface area contributed by atoms with E-state index >= 15 is 0 Å². The van der Waals surface area contributed by atoms with E-state index in [0.29, 0.717) is 31.1 Å². The summed E-state index contributed by atoms with van der Waals surface area (Å²) < 4.78 is 1.52. The van der Waals surface area contributed by atoms with Crippen molar-refractivity contribution >= 4 is 11.9 Å². The van der Waals surface area contributed by atoms with Gasteiger partial charge in [0.1, 0.15) is 0 Å². The standard InChI is InChI=1S/C14H22N4O3/c1-2-11-13(14(20)21)16-17-18(11)9-8-12(19)15-10-6-4-3-5-7-10/h10H,2-9H2,1H3,(H,15,19)(H,20,21). The Morgan fingerprint density at radius 1 is 1.33 bits per heavy atom. The van der Waals surface area contributed by atoms with E-state index in [0.717, 1.165) is 12.8 Å². The topological polar surface area (TPSA) is 97.1 Å². The maximum absolute atomic E-state index is 11.9. The van der Waals surface area contributed by atoms with Gasteiger partial charge in [-0.3, -0.25) is 4.79 Å². The first-order chi connectivity index (χ1) is 10.1. The van der Waals surface area contributed by atoms with E-state index in [2.05, 4.69) is 15.6 Å². The number of nitrogens with one attached hydrogen (secondary N) is 1. The summed E-state index contributed by atoms with van der Waals surface area (Å²) in [6, 6.07) is 0.294. The number of aromatic nitrogens is 3. The summed E-state index contributed by atoms with van der Waals surface area (Å²) in [6.07, 6.45) is 6.54. The highest BCUT2D eigenvalue weighted by molar-refractivity contribution is 5.86. The predicted molar refractivity (Wildman–Crippen MR) is 76.0 cm³/mol. The van der Waals surface area contributed by atoms with Gasteiger partial charge in [-0.05, 0) is 19.3 Å². The highest BCUT2D eigenvalue weighted by Gasteiger charge is 2.19. The quantitative estimate of drug-likeness (QED) is 0.826. The Hall–Kier alpha value is -1.92. The molecule has 0 bridgehead atoms. The first-order valence-corrected chi connectivity index (χ1v) is 7.56. The Morgan fingerprint density at radius 3 is 2.67 bits per heavy atom. The number of carbonyl (C=O) groups excluding carboxylic acids is 1. The maximum Gasteiger partial charge on any atom is 0.358 e. The van der Waals surface area contributed by atoms with Crippen LogP contribution in [0.1, 0.15) is 61.6 Å². The second kappa shape index (κ2) is 7.19. The minimum atomic E-state index is -1.08. The molecule has 0 aromatic carbocycles. The van der Waals surface area contributed by atoms with E-state index < -0.39 is 5.97 Å². The van der Waals surface area contributed by atoms with Gasteiger partial charge in [0.2, 0.25) is 5.91 Å². The summed E-state index contributed by atoms with van der Waals surface area (Å²) in [4.78, 5) is 22.9. The third-order valence-electron chi connectivity index (χ3n) is 3.90. The van der Waals surface area contributed by atoms with Gasteiger partial charge in [0.15, 0.2) is 5.69 Å². The minimum absolute atomic E-state index is 0.00340. The van der Waals surface area contributed by atoms with Gasteiger partial charge in [-0.25, -0.2) is 9.48 Å². The van der Waals surface area contributed by atoms with Crippen molar-refractivity contribution in [1.29, 1.82) is 0 Å². The zero-order valence-electron chi connectivity index (χ0n) is 12.3. The van der Waals surface area contributed by atoms with Crippen molar-refractivity contribution in [2.75, 3.05) is 0 Å². The molecule has 0 atom stereocenters. The van der Waals surface area contributed by atoms with Crippen LogP contribution < -0.4 is 5.32 Å². The van der Waals surface area contributed by atoms with Gasteiger partial charge >= 0.3 is 5.97 Å². The molecule has 2 rings (SSSR count). The van der Waals surface area contributed by atoms with Crippen LogP contribution in [0.3, 0.4) is 0 Å². The SMILES string of the molecule is CCc1c(C(=O)O)nnn1CCC(=O)NC1CCCCC1. The molecule has 0 radical (unpaired) electrons. The number of carbonyl (C=O) groups is 2. The monoisotopic (exact) mass is 294 g/mol. The van der Waals surface area contributed by atoms with Crippen LogP contribution in [0.25, 0.3) is 0 Å². The summed E-state index contributed by atoms with van der Waals surface area (Å²) in [5.41, 5.74) is 0.540. The number of nitrogens with zero attached hydrogens (tertiary/aromatic N) is 3. The number of carboxylic acid groups (broad SMARTS) is 1. The number of amides is 1. The van der Waals surface area contributed by atoms with E-state index in [-0.39, 0.29) is 11.6 Å². The van der Waals surface area contributed by atoms with E-state index in [9.17, 15) is 9.59 Å². The Morgan fingerprint density at radius 2 is 2.05 bits per heavy atom. The van der Waals surface area contributed by atoms with Gasteiger partial charge in [0.05, 0.1) is 12.2 Å². The molecule has 0 unspecified atom stereocenters. The third kappa shape index (κ3) is 4.03. The van der Waals surface area contributed by atoms with Crippen LogP contribution in [0, 0.1) is 0 Å². The predicted octanol–water partition coefficient (Wildman–Crippen LogP) is 1.38. The van der Waals surface area contributed by atoms with Gasteiger partial charge in [-0.1, -0.05) is 31.4 Å². The largest absolute Gasteiger partial charge is 0.476 e. The van der Waals surface area contributed by atoms with Crippen LogP contribution in [-0.2, 0) is 17.8 Å². The molecule has 2 N–H and O–H groups in total. The zero-order chi connectivity index (χ0) is 15.2. The van der Waals surface area contributed by atoms with Crippen molar-refractivity contribution in [1.82, 2.24) is 20.3 Å². The van der Waals surface area contributed by atoms with E-state index in [1.165, 1.54) is 23.9 Å². The lowest BCUT2D eigenvalue weighted by atomic mass is 9.95. The summed E-state index contributed by atoms with van der Waals surface area (Å²) in [5.74, 6) is -1.08. The number of hydrogen-bond donors (Lipinski definition) is 2. The average Bonchev–Trinajstić information content (AvgIpc) is 2.89. The fourth-order valence-corrected chi connectivity index (χ4v) is 2.78. The average molecular weight is 294 g/mol. The Balaban J connectivity index is 1.87. The van der Waals surface area contributed by atoms with Gasteiger partial charge in [-0.2, -0.15) is 0 Å². The molecule has 21 heavy (non-hydrogen) atoms. The summed E-state index contributed by atoms with van der Waals surface area (Å²) >= 11 is 0. The summed E-state index contributed by atoms with van der Waals surface area (Å²) in [7, 11) is 0. The molecular formula is C14H22N4O3. The Kier molecular flexibility index (Phi) is 5.30. The normalized spacial score (nSPS) is 15.9.